The molecular weight excluding hydrogens is 400 g/mol. The molecule has 0 aliphatic carbocycles. The second-order valence-electron chi connectivity index (χ2n) is 9.14. The van der Waals surface area contributed by atoms with Gasteiger partial charge >= 0.3 is 11.8 Å². The average molecular weight is 437 g/mol. The summed E-state index contributed by atoms with van der Waals surface area (Å²) in [6.45, 7) is 6.83. The Morgan fingerprint density at radius 1 is 0.969 bits per heavy atom. The Kier molecular flexibility index (Phi) is 8.28. The van der Waals surface area contributed by atoms with Gasteiger partial charge in [0.1, 0.15) is 0 Å². The van der Waals surface area contributed by atoms with Gasteiger partial charge in [-0.25, -0.2) is 0 Å². The highest BCUT2D eigenvalue weighted by atomic mass is 16.2. The summed E-state index contributed by atoms with van der Waals surface area (Å²) in [6, 6.07) is 17.0. The molecule has 0 saturated carbocycles. The molecule has 1 unspecified atom stereocenters. The number of carbonyl (C=O) groups is 2. The van der Waals surface area contributed by atoms with Crippen LogP contribution in [0.2, 0.25) is 0 Å². The van der Waals surface area contributed by atoms with Gasteiger partial charge in [0.15, 0.2) is 0 Å². The predicted octanol–water partition coefficient (Wildman–Crippen LogP) is 3.13. The summed E-state index contributed by atoms with van der Waals surface area (Å²) >= 11 is 0. The van der Waals surface area contributed by atoms with E-state index in [0.717, 1.165) is 37.2 Å². The number of benzene rings is 2. The van der Waals surface area contributed by atoms with Gasteiger partial charge in [0.05, 0.1) is 6.04 Å². The molecule has 1 heterocycles. The number of nitrogens with zero attached hydrogens (tertiary/aromatic N) is 2. The smallest absolute Gasteiger partial charge is 0.309 e. The molecule has 32 heavy (non-hydrogen) atoms. The minimum Gasteiger partial charge on any atom is -0.378 e. The van der Waals surface area contributed by atoms with E-state index in [1.165, 1.54) is 11.1 Å². The minimum absolute atomic E-state index is 0.00742. The predicted molar refractivity (Wildman–Crippen MR) is 130 cm³/mol. The maximum Gasteiger partial charge on any atom is 0.309 e. The van der Waals surface area contributed by atoms with Gasteiger partial charge in [-0.05, 0) is 47.6 Å². The number of nitrogens with one attached hydrogen (secondary N) is 2. The summed E-state index contributed by atoms with van der Waals surface area (Å²) in [5.74, 6) is -0.646. The third kappa shape index (κ3) is 6.33. The second kappa shape index (κ2) is 11.1. The van der Waals surface area contributed by atoms with E-state index in [0.29, 0.717) is 19.0 Å². The largest absolute Gasteiger partial charge is 0.378 e. The Labute approximate surface area is 192 Å². The summed E-state index contributed by atoms with van der Waals surface area (Å²) in [4.78, 5) is 29.1. The fourth-order valence-electron chi connectivity index (χ4n) is 4.06. The second-order valence-corrected chi connectivity index (χ2v) is 9.14. The van der Waals surface area contributed by atoms with Crippen molar-refractivity contribution in [3.63, 3.8) is 0 Å². The highest BCUT2D eigenvalue weighted by molar-refractivity contribution is 6.35. The van der Waals surface area contributed by atoms with Crippen LogP contribution in [0.3, 0.4) is 0 Å². The molecular formula is C26H36N4O2. The van der Waals surface area contributed by atoms with E-state index >= 15 is 0 Å². The van der Waals surface area contributed by atoms with Crippen LogP contribution in [0.15, 0.2) is 48.5 Å². The Morgan fingerprint density at radius 2 is 1.62 bits per heavy atom. The number of carbonyl (C=O) groups excluding carboxylic acids is 2. The summed E-state index contributed by atoms with van der Waals surface area (Å²) in [6.07, 6.45) is 1.83. The van der Waals surface area contributed by atoms with Crippen LogP contribution in [-0.4, -0.2) is 50.4 Å². The highest BCUT2D eigenvalue weighted by Crippen LogP contribution is 2.28. The molecule has 0 bridgehead atoms. The first-order valence-corrected chi connectivity index (χ1v) is 11.5. The molecule has 1 atom stereocenters. The van der Waals surface area contributed by atoms with Crippen LogP contribution < -0.4 is 15.5 Å². The SMILES string of the molecule is CC(C)CCNC(=O)C(=O)NCC(c1ccc(N(C)C)cc1)N1CCc2ccccc2C1. The monoisotopic (exact) mass is 436 g/mol. The summed E-state index contributed by atoms with van der Waals surface area (Å²) in [5.41, 5.74) is 4.98. The lowest BCUT2D eigenvalue weighted by atomic mass is 9.96. The van der Waals surface area contributed by atoms with Crippen LogP contribution in [0, 0.1) is 5.92 Å². The van der Waals surface area contributed by atoms with E-state index in [2.05, 4.69) is 82.8 Å². The molecule has 0 saturated heterocycles. The molecule has 0 radical (unpaired) electrons. The molecule has 2 amide bonds. The van der Waals surface area contributed by atoms with Gasteiger partial charge in [0, 0.05) is 46.0 Å². The molecule has 6 heteroatoms. The highest BCUT2D eigenvalue weighted by Gasteiger charge is 2.26. The number of rotatable bonds is 8. The van der Waals surface area contributed by atoms with Crippen molar-refractivity contribution in [3.8, 4) is 0 Å². The fourth-order valence-corrected chi connectivity index (χ4v) is 4.06. The molecule has 1 aliphatic rings. The van der Waals surface area contributed by atoms with E-state index in [4.69, 9.17) is 0 Å². The van der Waals surface area contributed by atoms with Gasteiger partial charge in [0.25, 0.3) is 0 Å². The standard InChI is InChI=1S/C26H36N4O2/c1-19(2)13-15-27-25(31)26(32)28-17-24(21-9-11-23(12-10-21)29(3)4)30-16-14-20-7-5-6-8-22(20)18-30/h5-12,19,24H,13-18H2,1-4H3,(H,27,31)(H,28,32). The van der Waals surface area contributed by atoms with Crippen molar-refractivity contribution in [2.24, 2.45) is 5.92 Å². The molecule has 0 spiro atoms. The van der Waals surface area contributed by atoms with Crippen molar-refractivity contribution in [2.75, 3.05) is 38.6 Å². The van der Waals surface area contributed by atoms with Crippen molar-refractivity contribution in [1.29, 1.82) is 0 Å². The zero-order chi connectivity index (χ0) is 23.1. The van der Waals surface area contributed by atoms with E-state index in [-0.39, 0.29) is 6.04 Å². The van der Waals surface area contributed by atoms with Crippen LogP contribution >= 0.6 is 0 Å². The molecule has 2 aromatic carbocycles. The summed E-state index contributed by atoms with van der Waals surface area (Å²) < 4.78 is 0. The van der Waals surface area contributed by atoms with Gasteiger partial charge in [-0.1, -0.05) is 50.2 Å². The van der Waals surface area contributed by atoms with E-state index in [1.807, 2.05) is 14.1 Å². The molecule has 172 valence electrons. The Bertz CT molecular complexity index is 908. The summed E-state index contributed by atoms with van der Waals surface area (Å²) in [7, 11) is 4.04. The first-order valence-electron chi connectivity index (χ1n) is 11.5. The third-order valence-electron chi connectivity index (χ3n) is 6.06. The number of amides is 2. The molecule has 3 rings (SSSR count). The molecule has 0 fully saturated rings. The van der Waals surface area contributed by atoms with Crippen molar-refractivity contribution in [3.05, 3.63) is 65.2 Å². The molecule has 0 aromatic heterocycles. The summed E-state index contributed by atoms with van der Waals surface area (Å²) in [5, 5.41) is 5.59. The minimum atomic E-state index is -0.568. The Balaban J connectivity index is 1.71. The van der Waals surface area contributed by atoms with Crippen LogP contribution in [0.4, 0.5) is 5.69 Å². The average Bonchev–Trinajstić information content (AvgIpc) is 2.79. The third-order valence-corrected chi connectivity index (χ3v) is 6.06. The maximum absolute atomic E-state index is 12.4. The normalized spacial score (nSPS) is 14.5. The van der Waals surface area contributed by atoms with E-state index < -0.39 is 11.8 Å². The van der Waals surface area contributed by atoms with Gasteiger partial charge in [-0.15, -0.1) is 0 Å². The molecule has 2 aromatic rings. The molecule has 1 aliphatic heterocycles. The number of fused-ring (bicyclic) bond motifs is 1. The lowest BCUT2D eigenvalue weighted by molar-refractivity contribution is -0.139. The quantitative estimate of drug-likeness (QED) is 0.624. The van der Waals surface area contributed by atoms with E-state index in [9.17, 15) is 9.59 Å². The topological polar surface area (TPSA) is 64.7 Å². The van der Waals surface area contributed by atoms with E-state index in [1.54, 1.807) is 0 Å². The maximum atomic E-state index is 12.4. The van der Waals surface area contributed by atoms with Gasteiger partial charge < -0.3 is 15.5 Å². The van der Waals surface area contributed by atoms with Crippen molar-refractivity contribution in [2.45, 2.75) is 39.3 Å². The molecule has 2 N–H and O–H groups in total. The van der Waals surface area contributed by atoms with Crippen LogP contribution in [0.1, 0.15) is 43.0 Å². The zero-order valence-corrected chi connectivity index (χ0v) is 19.7. The van der Waals surface area contributed by atoms with Crippen molar-refractivity contribution in [1.82, 2.24) is 15.5 Å². The number of hydrogen-bond donors (Lipinski definition) is 2. The lowest BCUT2D eigenvalue weighted by Gasteiger charge is -2.36. The van der Waals surface area contributed by atoms with Crippen molar-refractivity contribution >= 4 is 17.5 Å². The van der Waals surface area contributed by atoms with Gasteiger partial charge in [0.2, 0.25) is 0 Å². The lowest BCUT2D eigenvalue weighted by Crippen LogP contribution is -2.45. The van der Waals surface area contributed by atoms with Gasteiger partial charge in [-0.2, -0.15) is 0 Å². The Morgan fingerprint density at radius 3 is 2.28 bits per heavy atom. The first kappa shape index (κ1) is 23.8. The zero-order valence-electron chi connectivity index (χ0n) is 19.7. The molecule has 6 nitrogen and oxygen atoms in total. The first-order chi connectivity index (χ1) is 15.3. The number of hydrogen-bond acceptors (Lipinski definition) is 4. The Hall–Kier alpha value is -2.86. The van der Waals surface area contributed by atoms with Crippen LogP contribution in [0.5, 0.6) is 0 Å². The number of anilines is 1. The van der Waals surface area contributed by atoms with Crippen molar-refractivity contribution < 1.29 is 9.59 Å². The fraction of sp³-hybridized carbons (Fsp3) is 0.462. The van der Waals surface area contributed by atoms with Crippen LogP contribution in [-0.2, 0) is 22.6 Å². The van der Waals surface area contributed by atoms with Crippen LogP contribution in [0.25, 0.3) is 0 Å². The van der Waals surface area contributed by atoms with Gasteiger partial charge in [-0.3, -0.25) is 14.5 Å².